The van der Waals surface area contributed by atoms with Crippen LogP contribution in [0, 0.1) is 0 Å². The number of rotatable bonds is 4. The minimum atomic E-state index is 0.158. The Hall–Kier alpha value is -2.57. The lowest BCUT2D eigenvalue weighted by molar-refractivity contribution is 0.415. The van der Waals surface area contributed by atoms with E-state index in [1.807, 2.05) is 24.3 Å². The van der Waals surface area contributed by atoms with Crippen LogP contribution >= 0.6 is 0 Å². The first-order valence-electron chi connectivity index (χ1n) is 5.31. The minimum absolute atomic E-state index is 0.158. The maximum absolute atomic E-state index is 5.57. The van der Waals surface area contributed by atoms with Crippen LogP contribution in [-0.2, 0) is 0 Å². The van der Waals surface area contributed by atoms with Gasteiger partial charge < -0.3 is 21.1 Å². The average Bonchev–Trinajstić information content (AvgIpc) is 2.39. The zero-order valence-corrected chi connectivity index (χ0v) is 10.1. The lowest BCUT2D eigenvalue weighted by Gasteiger charge is -2.07. The van der Waals surface area contributed by atoms with Gasteiger partial charge in [-0.15, -0.1) is 0 Å². The highest BCUT2D eigenvalue weighted by Gasteiger charge is 2.03. The largest absolute Gasteiger partial charge is 0.497 e. The summed E-state index contributed by atoms with van der Waals surface area (Å²) >= 11 is 0. The molecule has 7 heteroatoms. The molecule has 0 amide bonds. The summed E-state index contributed by atoms with van der Waals surface area (Å²) < 4.78 is 5.08. The molecule has 0 aliphatic heterocycles. The predicted octanol–water partition coefficient (Wildman–Crippen LogP) is 1.25. The number of hydrogen-bond acceptors (Lipinski definition) is 7. The van der Waals surface area contributed by atoms with E-state index in [1.165, 1.54) is 0 Å². The first kappa shape index (κ1) is 11.9. The molecule has 18 heavy (non-hydrogen) atoms. The molecule has 94 valence electrons. The van der Waals surface area contributed by atoms with Crippen LogP contribution in [0.3, 0.4) is 0 Å². The van der Waals surface area contributed by atoms with Crippen LogP contribution < -0.4 is 21.1 Å². The molecule has 1 aromatic carbocycles. The Kier molecular flexibility index (Phi) is 3.42. The van der Waals surface area contributed by atoms with Crippen molar-refractivity contribution in [1.82, 2.24) is 15.0 Å². The Morgan fingerprint density at radius 2 is 1.72 bits per heavy atom. The fourth-order valence-electron chi connectivity index (χ4n) is 1.36. The monoisotopic (exact) mass is 246 g/mol. The summed E-state index contributed by atoms with van der Waals surface area (Å²) in [5.74, 6) is 1.74. The van der Waals surface area contributed by atoms with Crippen molar-refractivity contribution in [2.24, 2.45) is 0 Å². The summed E-state index contributed by atoms with van der Waals surface area (Å²) in [6, 6.07) is 7.40. The third kappa shape index (κ3) is 2.76. The van der Waals surface area contributed by atoms with Crippen LogP contribution in [0.15, 0.2) is 24.3 Å². The molecule has 0 saturated heterocycles. The predicted molar refractivity (Wildman–Crippen MR) is 70.1 cm³/mol. The number of nitrogens with two attached hydrogens (primary N) is 1. The van der Waals surface area contributed by atoms with Gasteiger partial charge in [0.25, 0.3) is 0 Å². The minimum Gasteiger partial charge on any atom is -0.497 e. The molecule has 2 rings (SSSR count). The molecule has 0 bridgehead atoms. The third-order valence-corrected chi connectivity index (χ3v) is 2.22. The highest BCUT2D eigenvalue weighted by atomic mass is 16.5. The third-order valence-electron chi connectivity index (χ3n) is 2.22. The summed E-state index contributed by atoms with van der Waals surface area (Å²) in [4.78, 5) is 12.0. The van der Waals surface area contributed by atoms with Crippen LogP contribution in [0.5, 0.6) is 5.75 Å². The zero-order valence-electron chi connectivity index (χ0n) is 10.1. The normalized spacial score (nSPS) is 9.89. The van der Waals surface area contributed by atoms with Gasteiger partial charge in [-0.05, 0) is 24.3 Å². The van der Waals surface area contributed by atoms with E-state index in [-0.39, 0.29) is 5.95 Å². The van der Waals surface area contributed by atoms with Gasteiger partial charge >= 0.3 is 0 Å². The molecule has 7 nitrogen and oxygen atoms in total. The second kappa shape index (κ2) is 5.17. The van der Waals surface area contributed by atoms with Gasteiger partial charge in [-0.25, -0.2) is 0 Å². The van der Waals surface area contributed by atoms with Crippen molar-refractivity contribution in [3.8, 4) is 5.75 Å². The zero-order chi connectivity index (χ0) is 13.0. The highest BCUT2D eigenvalue weighted by Crippen LogP contribution is 2.18. The molecule has 1 aromatic heterocycles. The van der Waals surface area contributed by atoms with Gasteiger partial charge in [-0.1, -0.05) is 0 Å². The molecule has 2 aromatic rings. The Labute approximate surface area is 104 Å². The van der Waals surface area contributed by atoms with Gasteiger partial charge in [0.1, 0.15) is 5.75 Å². The molecule has 0 unspecified atom stereocenters. The van der Waals surface area contributed by atoms with E-state index >= 15 is 0 Å². The summed E-state index contributed by atoms with van der Waals surface area (Å²) in [6.45, 7) is 0. The Bertz CT molecular complexity index is 528. The second-order valence-corrected chi connectivity index (χ2v) is 3.44. The smallest absolute Gasteiger partial charge is 0.233 e. The Morgan fingerprint density at radius 3 is 2.33 bits per heavy atom. The van der Waals surface area contributed by atoms with Gasteiger partial charge in [0.15, 0.2) is 0 Å². The molecular weight excluding hydrogens is 232 g/mol. The number of anilines is 4. The Morgan fingerprint density at radius 1 is 1.06 bits per heavy atom. The van der Waals surface area contributed by atoms with Crippen molar-refractivity contribution in [2.45, 2.75) is 0 Å². The standard InChI is InChI=1S/C11H14N6O/c1-13-10-15-9(12)16-11(17-10)14-7-3-5-8(18-2)6-4-7/h3-6H,1-2H3,(H4,12,13,14,15,16,17). The lowest BCUT2D eigenvalue weighted by atomic mass is 10.3. The maximum Gasteiger partial charge on any atom is 0.233 e. The SMILES string of the molecule is CNc1nc(N)nc(Nc2ccc(OC)cc2)n1. The summed E-state index contributed by atoms with van der Waals surface area (Å²) in [5, 5.41) is 5.84. The summed E-state index contributed by atoms with van der Waals surface area (Å²) in [6.07, 6.45) is 0. The quantitative estimate of drug-likeness (QED) is 0.746. The summed E-state index contributed by atoms with van der Waals surface area (Å²) in [7, 11) is 3.33. The average molecular weight is 246 g/mol. The molecule has 0 aliphatic rings. The van der Waals surface area contributed by atoms with E-state index in [4.69, 9.17) is 10.5 Å². The van der Waals surface area contributed by atoms with E-state index in [0.29, 0.717) is 11.9 Å². The van der Waals surface area contributed by atoms with Gasteiger partial charge in [-0.2, -0.15) is 15.0 Å². The van der Waals surface area contributed by atoms with Crippen molar-refractivity contribution in [2.75, 3.05) is 30.5 Å². The number of hydrogen-bond donors (Lipinski definition) is 3. The van der Waals surface area contributed by atoms with Crippen molar-refractivity contribution in [3.63, 3.8) is 0 Å². The van der Waals surface area contributed by atoms with Gasteiger partial charge in [0, 0.05) is 12.7 Å². The van der Waals surface area contributed by atoms with E-state index in [2.05, 4.69) is 25.6 Å². The van der Waals surface area contributed by atoms with Crippen LogP contribution in [-0.4, -0.2) is 29.1 Å². The van der Waals surface area contributed by atoms with Crippen LogP contribution in [0.25, 0.3) is 0 Å². The molecule has 0 spiro atoms. The maximum atomic E-state index is 5.57. The number of methoxy groups -OCH3 is 1. The fraction of sp³-hybridized carbons (Fsp3) is 0.182. The van der Waals surface area contributed by atoms with Crippen molar-refractivity contribution in [3.05, 3.63) is 24.3 Å². The molecule has 1 heterocycles. The van der Waals surface area contributed by atoms with Crippen molar-refractivity contribution >= 4 is 23.5 Å². The number of nitrogens with zero attached hydrogens (tertiary/aromatic N) is 3. The fourth-order valence-corrected chi connectivity index (χ4v) is 1.36. The number of ether oxygens (including phenoxy) is 1. The van der Waals surface area contributed by atoms with E-state index in [1.54, 1.807) is 14.2 Å². The number of benzene rings is 1. The van der Waals surface area contributed by atoms with Gasteiger partial charge in [0.2, 0.25) is 17.8 Å². The van der Waals surface area contributed by atoms with Gasteiger partial charge in [0.05, 0.1) is 7.11 Å². The van der Waals surface area contributed by atoms with Crippen molar-refractivity contribution in [1.29, 1.82) is 0 Å². The topological polar surface area (TPSA) is 98.0 Å². The number of nitrogens with one attached hydrogen (secondary N) is 2. The second-order valence-electron chi connectivity index (χ2n) is 3.44. The van der Waals surface area contributed by atoms with Crippen LogP contribution in [0.2, 0.25) is 0 Å². The molecule has 0 saturated carbocycles. The summed E-state index contributed by atoms with van der Waals surface area (Å²) in [5.41, 5.74) is 6.41. The first-order valence-corrected chi connectivity index (χ1v) is 5.31. The highest BCUT2D eigenvalue weighted by molar-refractivity contribution is 5.56. The molecule has 4 N–H and O–H groups in total. The molecule has 0 radical (unpaired) electrons. The van der Waals surface area contributed by atoms with E-state index < -0.39 is 0 Å². The lowest BCUT2D eigenvalue weighted by Crippen LogP contribution is -2.06. The molecule has 0 fully saturated rings. The van der Waals surface area contributed by atoms with Crippen molar-refractivity contribution < 1.29 is 4.74 Å². The van der Waals surface area contributed by atoms with Crippen LogP contribution in [0.4, 0.5) is 23.5 Å². The first-order chi connectivity index (χ1) is 8.71. The number of nitrogen functional groups attached to an aromatic ring is 1. The Balaban J connectivity index is 2.19. The molecule has 0 aliphatic carbocycles. The molecular formula is C11H14N6O. The van der Waals surface area contributed by atoms with E-state index in [0.717, 1.165) is 11.4 Å². The number of aromatic nitrogens is 3. The van der Waals surface area contributed by atoms with Crippen LogP contribution in [0.1, 0.15) is 0 Å². The van der Waals surface area contributed by atoms with Gasteiger partial charge in [-0.3, -0.25) is 0 Å². The molecule has 0 atom stereocenters. The van der Waals surface area contributed by atoms with E-state index in [9.17, 15) is 0 Å².